The number of hydrogen-bond acceptors (Lipinski definition) is 3. The van der Waals surface area contributed by atoms with Crippen LogP contribution in [0.5, 0.6) is 0 Å². The maximum atomic E-state index is 13.9. The number of alkyl halides is 1. The normalized spacial score (nSPS) is 28.1. The first-order valence-corrected chi connectivity index (χ1v) is 6.01. The zero-order chi connectivity index (χ0) is 13.3. The van der Waals surface area contributed by atoms with E-state index in [1.807, 2.05) is 0 Å². The van der Waals surface area contributed by atoms with Gasteiger partial charge in [-0.1, -0.05) is 17.7 Å². The van der Waals surface area contributed by atoms with Crippen LogP contribution in [0.25, 0.3) is 0 Å². The molecule has 1 aromatic rings. The van der Waals surface area contributed by atoms with Crippen molar-refractivity contribution in [1.82, 2.24) is 0 Å². The van der Waals surface area contributed by atoms with Gasteiger partial charge in [0.25, 0.3) is 5.69 Å². The Labute approximate surface area is 109 Å². The first-order chi connectivity index (χ1) is 8.39. The lowest BCUT2D eigenvalue weighted by atomic mass is 9.91. The Morgan fingerprint density at radius 1 is 1.61 bits per heavy atom. The third-order valence-corrected chi connectivity index (χ3v) is 3.41. The van der Waals surface area contributed by atoms with E-state index in [0.717, 1.165) is 0 Å². The maximum Gasteiger partial charge on any atom is 0.288 e. The number of ether oxygens (including phenoxy) is 1. The van der Waals surface area contributed by atoms with E-state index in [1.54, 1.807) is 6.07 Å². The maximum absolute atomic E-state index is 13.9. The lowest BCUT2D eigenvalue weighted by Crippen LogP contribution is -2.30. The van der Waals surface area contributed by atoms with Crippen molar-refractivity contribution in [3.63, 3.8) is 0 Å². The van der Waals surface area contributed by atoms with Crippen molar-refractivity contribution in [2.45, 2.75) is 31.5 Å². The molecule has 0 aliphatic carbocycles. The molecule has 1 aliphatic heterocycles. The molecule has 1 saturated heterocycles. The first kappa shape index (κ1) is 13.2. The van der Waals surface area contributed by atoms with Crippen LogP contribution in [-0.2, 0) is 4.74 Å². The highest BCUT2D eigenvalue weighted by atomic mass is 35.5. The Bertz CT molecular complexity index is 478. The van der Waals surface area contributed by atoms with Gasteiger partial charge in [-0.2, -0.15) is 0 Å². The summed E-state index contributed by atoms with van der Waals surface area (Å²) in [6.45, 7) is 1.83. The van der Waals surface area contributed by atoms with Crippen molar-refractivity contribution in [2.24, 2.45) is 0 Å². The highest BCUT2D eigenvalue weighted by molar-refractivity contribution is 6.32. The standard InChI is InChI=1S/C12H13ClFNO3/c1-12(14)4-5-18-11(7-12)8-2-3-9(13)10(6-8)15(16)17/h2-3,6,11H,4-5,7H2,1H3. The Balaban J connectivity index is 2.28. The molecule has 1 heterocycles. The third-order valence-electron chi connectivity index (χ3n) is 3.09. The summed E-state index contributed by atoms with van der Waals surface area (Å²) < 4.78 is 19.4. The molecule has 0 aromatic heterocycles. The minimum absolute atomic E-state index is 0.0718. The van der Waals surface area contributed by atoms with Crippen LogP contribution in [0.4, 0.5) is 10.1 Å². The van der Waals surface area contributed by atoms with Gasteiger partial charge in [0, 0.05) is 18.9 Å². The summed E-state index contributed by atoms with van der Waals surface area (Å²) in [5.41, 5.74) is -0.879. The number of halogens is 2. The Morgan fingerprint density at radius 2 is 2.33 bits per heavy atom. The summed E-state index contributed by atoms with van der Waals surface area (Å²) in [4.78, 5) is 10.2. The topological polar surface area (TPSA) is 52.4 Å². The van der Waals surface area contributed by atoms with Crippen molar-refractivity contribution in [3.8, 4) is 0 Å². The fourth-order valence-corrected chi connectivity index (χ4v) is 2.23. The molecule has 98 valence electrons. The van der Waals surface area contributed by atoms with E-state index < -0.39 is 16.7 Å². The minimum Gasteiger partial charge on any atom is -0.373 e. The van der Waals surface area contributed by atoms with Gasteiger partial charge in [-0.25, -0.2) is 4.39 Å². The molecule has 1 fully saturated rings. The second kappa shape index (κ2) is 4.82. The van der Waals surface area contributed by atoms with E-state index in [1.165, 1.54) is 19.1 Å². The van der Waals surface area contributed by atoms with E-state index in [2.05, 4.69) is 0 Å². The Kier molecular flexibility index (Phi) is 3.54. The largest absolute Gasteiger partial charge is 0.373 e. The second-order valence-corrected chi connectivity index (χ2v) is 5.10. The van der Waals surface area contributed by atoms with Gasteiger partial charge in [0.05, 0.1) is 17.6 Å². The van der Waals surface area contributed by atoms with Crippen molar-refractivity contribution < 1.29 is 14.1 Å². The van der Waals surface area contributed by atoms with Gasteiger partial charge in [-0.15, -0.1) is 0 Å². The number of hydrogen-bond donors (Lipinski definition) is 0. The minimum atomic E-state index is -1.29. The number of rotatable bonds is 2. The lowest BCUT2D eigenvalue weighted by Gasteiger charge is -2.32. The van der Waals surface area contributed by atoms with Gasteiger partial charge >= 0.3 is 0 Å². The summed E-state index contributed by atoms with van der Waals surface area (Å²) in [6, 6.07) is 4.44. The number of benzene rings is 1. The van der Waals surface area contributed by atoms with Gasteiger partial charge < -0.3 is 4.74 Å². The molecule has 0 radical (unpaired) electrons. The van der Waals surface area contributed by atoms with Crippen LogP contribution in [0, 0.1) is 10.1 Å². The number of nitro groups is 1. The quantitative estimate of drug-likeness (QED) is 0.608. The molecule has 2 unspecified atom stereocenters. The van der Waals surface area contributed by atoms with Gasteiger partial charge in [-0.3, -0.25) is 10.1 Å². The Hall–Kier alpha value is -1.20. The number of nitro benzene ring substituents is 1. The van der Waals surface area contributed by atoms with Crippen molar-refractivity contribution in [3.05, 3.63) is 38.9 Å². The van der Waals surface area contributed by atoms with Crippen LogP contribution < -0.4 is 0 Å². The fourth-order valence-electron chi connectivity index (χ4n) is 2.05. The summed E-state index contributed by atoms with van der Waals surface area (Å²) in [5.74, 6) is 0. The molecular formula is C12H13ClFNO3. The molecule has 0 bridgehead atoms. The molecule has 4 nitrogen and oxygen atoms in total. The molecule has 2 atom stereocenters. The summed E-state index contributed by atoms with van der Waals surface area (Å²) in [6.07, 6.45) is 0.0926. The van der Waals surface area contributed by atoms with Gasteiger partial charge in [0.1, 0.15) is 10.7 Å². The average molecular weight is 274 g/mol. The summed E-state index contributed by atoms with van der Waals surface area (Å²) in [7, 11) is 0. The third kappa shape index (κ3) is 2.79. The van der Waals surface area contributed by atoms with Crippen LogP contribution >= 0.6 is 11.6 Å². The van der Waals surface area contributed by atoms with E-state index >= 15 is 0 Å². The Morgan fingerprint density at radius 3 is 2.94 bits per heavy atom. The molecule has 6 heteroatoms. The predicted molar refractivity (Wildman–Crippen MR) is 65.5 cm³/mol. The van der Waals surface area contributed by atoms with Crippen molar-refractivity contribution >= 4 is 17.3 Å². The summed E-state index contributed by atoms with van der Waals surface area (Å²) >= 11 is 5.73. The van der Waals surface area contributed by atoms with Crippen LogP contribution in [0.1, 0.15) is 31.4 Å². The van der Waals surface area contributed by atoms with E-state index in [9.17, 15) is 14.5 Å². The molecule has 1 aliphatic rings. The zero-order valence-electron chi connectivity index (χ0n) is 9.86. The SMILES string of the molecule is CC1(F)CCOC(c2ccc(Cl)c([N+](=O)[O-])c2)C1. The molecule has 1 aromatic carbocycles. The highest BCUT2D eigenvalue weighted by Crippen LogP contribution is 2.38. The summed E-state index contributed by atoms with van der Waals surface area (Å²) in [5, 5.41) is 10.9. The fraction of sp³-hybridized carbons (Fsp3) is 0.500. The van der Waals surface area contributed by atoms with Crippen molar-refractivity contribution in [2.75, 3.05) is 6.61 Å². The van der Waals surface area contributed by atoms with Crippen molar-refractivity contribution in [1.29, 1.82) is 0 Å². The molecule has 0 amide bonds. The highest BCUT2D eigenvalue weighted by Gasteiger charge is 2.34. The molecule has 0 spiro atoms. The predicted octanol–water partition coefficient (Wildman–Crippen LogP) is 3.83. The number of nitrogens with zero attached hydrogens (tertiary/aromatic N) is 1. The average Bonchev–Trinajstić information content (AvgIpc) is 2.27. The molecular weight excluding hydrogens is 261 g/mol. The van der Waals surface area contributed by atoms with E-state index in [4.69, 9.17) is 16.3 Å². The van der Waals surface area contributed by atoms with Crippen LogP contribution in [-0.4, -0.2) is 17.2 Å². The smallest absolute Gasteiger partial charge is 0.288 e. The monoisotopic (exact) mass is 273 g/mol. The van der Waals surface area contributed by atoms with E-state index in [-0.39, 0.29) is 17.1 Å². The zero-order valence-corrected chi connectivity index (χ0v) is 10.6. The first-order valence-electron chi connectivity index (χ1n) is 5.63. The lowest BCUT2D eigenvalue weighted by molar-refractivity contribution is -0.384. The molecule has 2 rings (SSSR count). The van der Waals surface area contributed by atoms with Gasteiger partial charge in [0.15, 0.2) is 0 Å². The molecule has 18 heavy (non-hydrogen) atoms. The van der Waals surface area contributed by atoms with Crippen LogP contribution in [0.2, 0.25) is 5.02 Å². The van der Waals surface area contributed by atoms with Crippen LogP contribution in [0.3, 0.4) is 0 Å². The van der Waals surface area contributed by atoms with Crippen LogP contribution in [0.15, 0.2) is 18.2 Å². The molecule has 0 saturated carbocycles. The van der Waals surface area contributed by atoms with E-state index in [0.29, 0.717) is 18.6 Å². The van der Waals surface area contributed by atoms with Gasteiger partial charge in [0.2, 0.25) is 0 Å². The molecule has 0 N–H and O–H groups in total. The second-order valence-electron chi connectivity index (χ2n) is 4.69. The van der Waals surface area contributed by atoms with Gasteiger partial charge in [-0.05, 0) is 18.6 Å².